The number of nitrogens with one attached hydrogen (secondary N) is 1. The average Bonchev–Trinajstić information content (AvgIpc) is 3.18. The maximum absolute atomic E-state index is 11.9. The maximum atomic E-state index is 11.9. The van der Waals surface area contributed by atoms with Crippen molar-refractivity contribution in [2.24, 2.45) is 5.92 Å². The van der Waals surface area contributed by atoms with Crippen molar-refractivity contribution in [2.75, 3.05) is 19.7 Å². The zero-order chi connectivity index (χ0) is 16.2. The molecule has 0 radical (unpaired) electrons. The molecule has 0 saturated carbocycles. The Hall–Kier alpha value is -1.51. The second kappa shape index (κ2) is 7.37. The molecular formula is C15H20N4O2S2. The lowest BCUT2D eigenvalue weighted by molar-refractivity contribution is -0.150. The van der Waals surface area contributed by atoms with Gasteiger partial charge in [0.05, 0.1) is 24.1 Å². The highest BCUT2D eigenvalue weighted by Crippen LogP contribution is 2.22. The Morgan fingerprint density at radius 3 is 3.22 bits per heavy atom. The molecule has 124 valence electrons. The Kier molecular flexibility index (Phi) is 5.24. The van der Waals surface area contributed by atoms with E-state index < -0.39 is 0 Å². The molecule has 0 spiro atoms. The molecule has 0 aliphatic carbocycles. The van der Waals surface area contributed by atoms with Gasteiger partial charge < -0.3 is 4.74 Å². The van der Waals surface area contributed by atoms with Gasteiger partial charge in [-0.05, 0) is 50.0 Å². The van der Waals surface area contributed by atoms with Crippen LogP contribution in [-0.4, -0.2) is 45.3 Å². The first kappa shape index (κ1) is 16.4. The van der Waals surface area contributed by atoms with Crippen LogP contribution in [0.15, 0.2) is 17.5 Å². The van der Waals surface area contributed by atoms with Gasteiger partial charge in [0.1, 0.15) is 0 Å². The van der Waals surface area contributed by atoms with Gasteiger partial charge >= 0.3 is 5.97 Å². The molecule has 3 rings (SSSR count). The number of nitrogens with zero attached hydrogens (tertiary/aromatic N) is 3. The smallest absolute Gasteiger partial charge is 0.310 e. The van der Waals surface area contributed by atoms with E-state index in [4.69, 9.17) is 17.0 Å². The summed E-state index contributed by atoms with van der Waals surface area (Å²) in [6.45, 7) is 4.55. The number of thiophene rings is 1. The molecule has 0 bridgehead atoms. The Balaban J connectivity index is 1.67. The van der Waals surface area contributed by atoms with E-state index in [-0.39, 0.29) is 11.9 Å². The lowest BCUT2D eigenvalue weighted by Crippen LogP contribution is -2.40. The first-order chi connectivity index (χ1) is 11.2. The fourth-order valence-corrected chi connectivity index (χ4v) is 3.67. The molecule has 1 unspecified atom stereocenters. The normalized spacial score (nSPS) is 18.9. The quantitative estimate of drug-likeness (QED) is 0.662. The second-order valence-corrected chi connectivity index (χ2v) is 6.88. The fraction of sp³-hybridized carbons (Fsp3) is 0.533. The summed E-state index contributed by atoms with van der Waals surface area (Å²) in [5, 5.41) is 5.27. The summed E-state index contributed by atoms with van der Waals surface area (Å²) >= 11 is 6.97. The molecule has 6 nitrogen and oxygen atoms in total. The third kappa shape index (κ3) is 3.88. The van der Waals surface area contributed by atoms with E-state index in [1.165, 1.54) is 0 Å². The minimum absolute atomic E-state index is 0.0439. The summed E-state index contributed by atoms with van der Waals surface area (Å²) in [5.74, 6) is 0.659. The number of piperidine rings is 1. The molecule has 1 N–H and O–H groups in total. The molecule has 1 atom stereocenters. The highest BCUT2D eigenvalue weighted by molar-refractivity contribution is 7.71. The van der Waals surface area contributed by atoms with Crippen molar-refractivity contribution in [3.8, 4) is 10.7 Å². The number of H-pyrrole nitrogens is 1. The van der Waals surface area contributed by atoms with Gasteiger partial charge in [0.2, 0.25) is 4.77 Å². The van der Waals surface area contributed by atoms with Crippen LogP contribution in [0.4, 0.5) is 0 Å². The fourth-order valence-electron chi connectivity index (χ4n) is 2.81. The van der Waals surface area contributed by atoms with E-state index in [1.807, 2.05) is 29.1 Å². The predicted molar refractivity (Wildman–Crippen MR) is 91.7 cm³/mol. The van der Waals surface area contributed by atoms with E-state index in [0.29, 0.717) is 24.6 Å². The summed E-state index contributed by atoms with van der Waals surface area (Å²) in [7, 11) is 0. The minimum atomic E-state index is -0.0929. The Labute approximate surface area is 144 Å². The largest absolute Gasteiger partial charge is 0.466 e. The van der Waals surface area contributed by atoms with Gasteiger partial charge in [0, 0.05) is 6.54 Å². The highest BCUT2D eigenvalue weighted by atomic mass is 32.1. The van der Waals surface area contributed by atoms with Crippen LogP contribution in [0.2, 0.25) is 0 Å². The van der Waals surface area contributed by atoms with Crippen LogP contribution >= 0.6 is 23.6 Å². The third-order valence-electron chi connectivity index (χ3n) is 3.90. The molecule has 1 saturated heterocycles. The maximum Gasteiger partial charge on any atom is 0.310 e. The van der Waals surface area contributed by atoms with E-state index in [0.717, 1.165) is 30.1 Å². The highest BCUT2D eigenvalue weighted by Gasteiger charge is 2.27. The zero-order valence-corrected chi connectivity index (χ0v) is 14.7. The van der Waals surface area contributed by atoms with Gasteiger partial charge in [-0.3, -0.25) is 14.8 Å². The van der Waals surface area contributed by atoms with Crippen molar-refractivity contribution in [1.82, 2.24) is 19.7 Å². The van der Waals surface area contributed by atoms with Gasteiger partial charge in [-0.1, -0.05) is 6.07 Å². The first-order valence-corrected chi connectivity index (χ1v) is 9.06. The van der Waals surface area contributed by atoms with Crippen molar-refractivity contribution in [3.63, 3.8) is 0 Å². The lowest BCUT2D eigenvalue weighted by Gasteiger charge is -2.31. The summed E-state index contributed by atoms with van der Waals surface area (Å²) in [4.78, 5) is 19.6. The van der Waals surface area contributed by atoms with Crippen LogP contribution in [0.3, 0.4) is 0 Å². The molecule has 2 aromatic heterocycles. The Morgan fingerprint density at radius 1 is 1.61 bits per heavy atom. The first-order valence-electron chi connectivity index (χ1n) is 7.77. The molecule has 1 aliphatic rings. The number of rotatable bonds is 5. The van der Waals surface area contributed by atoms with Crippen LogP contribution in [0.25, 0.3) is 10.7 Å². The van der Waals surface area contributed by atoms with Crippen molar-refractivity contribution >= 4 is 29.5 Å². The third-order valence-corrected chi connectivity index (χ3v) is 5.09. The van der Waals surface area contributed by atoms with E-state index in [2.05, 4.69) is 15.0 Å². The standard InChI is InChI=1S/C15H20N4O2S2/c1-2-21-14(20)11-5-3-7-18(9-11)10-19-15(22)16-13(17-19)12-6-4-8-23-12/h4,6,8,11H,2-3,5,7,9-10H2,1H3,(H,16,17,22). The SMILES string of the molecule is CCOC(=O)C1CCCN(Cn2[nH]c(-c3cccs3)nc2=S)C1. The number of carbonyl (C=O) groups is 1. The van der Waals surface area contributed by atoms with E-state index >= 15 is 0 Å². The minimum Gasteiger partial charge on any atom is -0.466 e. The van der Waals surface area contributed by atoms with E-state index in [1.54, 1.807) is 11.3 Å². The van der Waals surface area contributed by atoms with Crippen molar-refractivity contribution < 1.29 is 9.53 Å². The van der Waals surface area contributed by atoms with Crippen LogP contribution in [0.1, 0.15) is 19.8 Å². The number of carbonyl (C=O) groups excluding carboxylic acids is 1. The molecule has 0 aromatic carbocycles. The number of hydrogen-bond acceptors (Lipinski definition) is 6. The topological polar surface area (TPSA) is 63.1 Å². The molecule has 2 aromatic rings. The number of ether oxygens (including phenoxy) is 1. The molecule has 1 aliphatic heterocycles. The predicted octanol–water partition coefficient (Wildman–Crippen LogP) is 2.90. The summed E-state index contributed by atoms with van der Waals surface area (Å²) in [6.07, 6.45) is 1.88. The van der Waals surface area contributed by atoms with Gasteiger partial charge in [0.25, 0.3) is 0 Å². The second-order valence-electron chi connectivity index (χ2n) is 5.57. The van der Waals surface area contributed by atoms with Crippen LogP contribution in [-0.2, 0) is 16.2 Å². The number of aromatic amines is 1. The number of likely N-dealkylation sites (tertiary alicyclic amines) is 1. The summed E-state index contributed by atoms with van der Waals surface area (Å²) in [5.41, 5.74) is 0. The summed E-state index contributed by atoms with van der Waals surface area (Å²) < 4.78 is 7.54. The van der Waals surface area contributed by atoms with Crippen LogP contribution < -0.4 is 0 Å². The van der Waals surface area contributed by atoms with Gasteiger partial charge in [-0.2, -0.15) is 4.98 Å². The molecule has 1 fully saturated rings. The van der Waals surface area contributed by atoms with Gasteiger partial charge in [0.15, 0.2) is 5.82 Å². The number of aromatic nitrogens is 3. The average molecular weight is 352 g/mol. The molecular weight excluding hydrogens is 332 g/mol. The summed E-state index contributed by atoms with van der Waals surface area (Å²) in [6, 6.07) is 4.00. The number of esters is 1. The molecule has 23 heavy (non-hydrogen) atoms. The van der Waals surface area contributed by atoms with Crippen molar-refractivity contribution in [3.05, 3.63) is 22.3 Å². The Bertz CT molecular complexity index is 707. The van der Waals surface area contributed by atoms with Gasteiger partial charge in [-0.15, -0.1) is 11.3 Å². The monoisotopic (exact) mass is 352 g/mol. The Morgan fingerprint density at radius 2 is 2.48 bits per heavy atom. The van der Waals surface area contributed by atoms with E-state index in [9.17, 15) is 4.79 Å². The zero-order valence-electron chi connectivity index (χ0n) is 13.0. The lowest BCUT2D eigenvalue weighted by atomic mass is 9.99. The molecule has 0 amide bonds. The van der Waals surface area contributed by atoms with Crippen LogP contribution in [0, 0.1) is 10.7 Å². The molecule has 3 heterocycles. The van der Waals surface area contributed by atoms with Crippen molar-refractivity contribution in [2.45, 2.75) is 26.4 Å². The molecule has 8 heteroatoms. The van der Waals surface area contributed by atoms with Gasteiger partial charge in [-0.25, -0.2) is 4.68 Å². The van der Waals surface area contributed by atoms with Crippen molar-refractivity contribution in [1.29, 1.82) is 0 Å². The van der Waals surface area contributed by atoms with Crippen LogP contribution in [0.5, 0.6) is 0 Å². The number of hydrogen-bond donors (Lipinski definition) is 1.